The van der Waals surface area contributed by atoms with E-state index in [9.17, 15) is 9.59 Å². The van der Waals surface area contributed by atoms with Gasteiger partial charge in [0.1, 0.15) is 6.33 Å². The molecule has 0 spiro atoms. The highest BCUT2D eigenvalue weighted by atomic mass is 127. The number of carbonyl (C=O) groups excluding carboxylic acids is 1. The topological polar surface area (TPSA) is 114 Å². The molecule has 1 aliphatic heterocycles. The van der Waals surface area contributed by atoms with Crippen molar-refractivity contribution in [2.75, 3.05) is 24.5 Å². The summed E-state index contributed by atoms with van der Waals surface area (Å²) in [6, 6.07) is 6.15. The van der Waals surface area contributed by atoms with Crippen LogP contribution in [0.3, 0.4) is 0 Å². The fourth-order valence-electron chi connectivity index (χ4n) is 4.86. The van der Waals surface area contributed by atoms with Crippen LogP contribution in [-0.2, 0) is 7.05 Å². The van der Waals surface area contributed by atoms with Crippen LogP contribution < -0.4 is 15.9 Å². The maximum atomic E-state index is 12.7. The number of halogens is 1. The fourth-order valence-corrected chi connectivity index (χ4v) is 5.35. The Morgan fingerprint density at radius 3 is 2.76 bits per heavy atom. The Hall–Kier alpha value is -2.96. The number of fused-ring (bicyclic) bond motifs is 2. The molecule has 0 bridgehead atoms. The molecule has 1 saturated carbocycles. The van der Waals surface area contributed by atoms with E-state index in [1.165, 1.54) is 19.2 Å². The SMILES string of the molecule is Cn1c(C(=O)NCC2CC2)nc2c(N3CCC(n4c(=O)[nH]c5cc(I)ccc54)CC3)ncnc21. The molecule has 34 heavy (non-hydrogen) atoms. The van der Waals surface area contributed by atoms with Crippen molar-refractivity contribution in [3.63, 3.8) is 0 Å². The minimum atomic E-state index is -0.176. The first-order valence-electron chi connectivity index (χ1n) is 11.6. The van der Waals surface area contributed by atoms with E-state index in [0.29, 0.717) is 29.5 Å². The van der Waals surface area contributed by atoms with E-state index in [4.69, 9.17) is 0 Å². The van der Waals surface area contributed by atoms with Gasteiger partial charge in [-0.1, -0.05) is 0 Å². The maximum Gasteiger partial charge on any atom is 0.326 e. The lowest BCUT2D eigenvalue weighted by Gasteiger charge is -2.33. The fraction of sp³-hybridized carbons (Fsp3) is 0.435. The first-order chi connectivity index (χ1) is 16.5. The first kappa shape index (κ1) is 21.6. The highest BCUT2D eigenvalue weighted by molar-refractivity contribution is 14.1. The predicted octanol–water partition coefficient (Wildman–Crippen LogP) is 2.59. The first-order valence-corrected chi connectivity index (χ1v) is 12.7. The average Bonchev–Trinajstić information content (AvgIpc) is 3.53. The molecule has 1 aromatic carbocycles. The number of rotatable bonds is 5. The van der Waals surface area contributed by atoms with Gasteiger partial charge in [-0.05, 0) is 72.4 Å². The number of hydrogen-bond acceptors (Lipinski definition) is 6. The zero-order valence-corrected chi connectivity index (χ0v) is 20.9. The predicted molar refractivity (Wildman–Crippen MR) is 137 cm³/mol. The number of hydrogen-bond donors (Lipinski definition) is 2. The quantitative estimate of drug-likeness (QED) is 0.356. The van der Waals surface area contributed by atoms with Crippen molar-refractivity contribution in [3.05, 3.63) is 44.4 Å². The number of nitrogens with one attached hydrogen (secondary N) is 2. The third kappa shape index (κ3) is 3.75. The van der Waals surface area contributed by atoms with E-state index < -0.39 is 0 Å². The van der Waals surface area contributed by atoms with Gasteiger partial charge >= 0.3 is 5.69 Å². The van der Waals surface area contributed by atoms with Crippen LogP contribution in [0.15, 0.2) is 29.3 Å². The summed E-state index contributed by atoms with van der Waals surface area (Å²) >= 11 is 2.25. The Balaban J connectivity index is 1.24. The van der Waals surface area contributed by atoms with E-state index in [2.05, 4.69) is 52.7 Å². The van der Waals surface area contributed by atoms with Crippen LogP contribution in [0.2, 0.25) is 0 Å². The second-order valence-electron chi connectivity index (χ2n) is 9.20. The number of piperidine rings is 1. The number of aryl methyl sites for hydroxylation is 1. The van der Waals surface area contributed by atoms with Gasteiger partial charge in [0, 0.05) is 36.3 Å². The summed E-state index contributed by atoms with van der Waals surface area (Å²) < 4.78 is 4.72. The number of nitrogens with zero attached hydrogens (tertiary/aromatic N) is 6. The van der Waals surface area contributed by atoms with Crippen molar-refractivity contribution in [1.82, 2.24) is 34.4 Å². The molecule has 176 valence electrons. The number of anilines is 1. The molecule has 11 heteroatoms. The smallest absolute Gasteiger partial charge is 0.326 e. The van der Waals surface area contributed by atoms with Gasteiger partial charge in [0.15, 0.2) is 17.0 Å². The van der Waals surface area contributed by atoms with Gasteiger partial charge in [-0.3, -0.25) is 9.36 Å². The molecule has 0 atom stereocenters. The lowest BCUT2D eigenvalue weighted by Crippen LogP contribution is -2.37. The van der Waals surface area contributed by atoms with E-state index in [1.807, 2.05) is 29.8 Å². The minimum Gasteiger partial charge on any atom is -0.355 e. The molecule has 0 unspecified atom stereocenters. The molecule has 1 amide bonds. The molecule has 6 rings (SSSR count). The van der Waals surface area contributed by atoms with Crippen molar-refractivity contribution >= 4 is 56.5 Å². The van der Waals surface area contributed by atoms with E-state index in [-0.39, 0.29) is 17.6 Å². The largest absolute Gasteiger partial charge is 0.355 e. The Kier molecular flexibility index (Phi) is 5.30. The van der Waals surface area contributed by atoms with Crippen molar-refractivity contribution in [3.8, 4) is 0 Å². The molecular formula is C23H25IN8O2. The highest BCUT2D eigenvalue weighted by Gasteiger charge is 2.28. The highest BCUT2D eigenvalue weighted by Crippen LogP contribution is 2.31. The van der Waals surface area contributed by atoms with Gasteiger partial charge in [0.05, 0.1) is 11.0 Å². The van der Waals surface area contributed by atoms with Crippen LogP contribution in [0.5, 0.6) is 0 Å². The third-order valence-corrected chi connectivity index (χ3v) is 7.57. The number of benzene rings is 1. The summed E-state index contributed by atoms with van der Waals surface area (Å²) in [4.78, 5) is 44.1. The van der Waals surface area contributed by atoms with Crippen LogP contribution in [0.1, 0.15) is 42.3 Å². The molecule has 2 aliphatic rings. The number of amides is 1. The van der Waals surface area contributed by atoms with Gasteiger partial charge in [-0.2, -0.15) is 0 Å². The average molecular weight is 572 g/mol. The number of H-pyrrole nitrogens is 1. The van der Waals surface area contributed by atoms with Crippen LogP contribution in [0.4, 0.5) is 5.82 Å². The van der Waals surface area contributed by atoms with Gasteiger partial charge in [-0.15, -0.1) is 0 Å². The monoisotopic (exact) mass is 572 g/mol. The van der Waals surface area contributed by atoms with Crippen molar-refractivity contribution < 1.29 is 4.79 Å². The normalized spacial score (nSPS) is 17.1. The van der Waals surface area contributed by atoms with Crippen molar-refractivity contribution in [2.45, 2.75) is 31.7 Å². The molecule has 4 heterocycles. The molecule has 1 saturated heterocycles. The van der Waals surface area contributed by atoms with E-state index in [1.54, 1.807) is 4.57 Å². The molecule has 1 aliphatic carbocycles. The molecule has 10 nitrogen and oxygen atoms in total. The van der Waals surface area contributed by atoms with Crippen molar-refractivity contribution in [1.29, 1.82) is 0 Å². The van der Waals surface area contributed by atoms with Gasteiger partial charge < -0.3 is 19.8 Å². The lowest BCUT2D eigenvalue weighted by molar-refractivity contribution is 0.0939. The standard InChI is InChI=1S/C23H25IN8O2/c1-30-19-18(29-21(30)22(33)25-11-13-2-3-13)20(27-12-26-19)31-8-6-15(7-9-31)32-17-5-4-14(24)10-16(17)28-23(32)34/h4-5,10,12-13,15H,2-3,6-9,11H2,1H3,(H,25,33)(H,28,34). The molecule has 0 radical (unpaired) electrons. The Morgan fingerprint density at radius 2 is 2.00 bits per heavy atom. The second-order valence-corrected chi connectivity index (χ2v) is 10.4. The van der Waals surface area contributed by atoms with Crippen LogP contribution in [0.25, 0.3) is 22.2 Å². The van der Waals surface area contributed by atoms with Crippen LogP contribution >= 0.6 is 22.6 Å². The van der Waals surface area contributed by atoms with Crippen LogP contribution in [-0.4, -0.2) is 54.6 Å². The van der Waals surface area contributed by atoms with E-state index >= 15 is 0 Å². The van der Waals surface area contributed by atoms with Crippen molar-refractivity contribution in [2.24, 2.45) is 13.0 Å². The third-order valence-electron chi connectivity index (χ3n) is 6.90. The lowest BCUT2D eigenvalue weighted by atomic mass is 10.0. The summed E-state index contributed by atoms with van der Waals surface area (Å²) in [5.41, 5.74) is 3.04. The summed E-state index contributed by atoms with van der Waals surface area (Å²) in [5, 5.41) is 2.99. The summed E-state index contributed by atoms with van der Waals surface area (Å²) in [6.45, 7) is 2.17. The summed E-state index contributed by atoms with van der Waals surface area (Å²) in [5.74, 6) is 1.52. The van der Waals surface area contributed by atoms with Gasteiger partial charge in [-0.25, -0.2) is 19.7 Å². The Morgan fingerprint density at radius 1 is 1.21 bits per heavy atom. The number of carbonyl (C=O) groups is 1. The Bertz CT molecular complexity index is 1460. The van der Waals surface area contributed by atoms with Gasteiger partial charge in [0.25, 0.3) is 5.91 Å². The Labute approximate surface area is 208 Å². The second kappa shape index (κ2) is 8.36. The number of aromatic nitrogens is 6. The molecule has 2 N–H and O–H groups in total. The molecular weight excluding hydrogens is 547 g/mol. The molecule has 4 aromatic rings. The summed E-state index contributed by atoms with van der Waals surface area (Å²) in [6.07, 6.45) is 5.51. The molecule has 2 fully saturated rings. The van der Waals surface area contributed by atoms with E-state index in [0.717, 1.165) is 46.4 Å². The molecule has 3 aromatic heterocycles. The van der Waals surface area contributed by atoms with Gasteiger partial charge in [0.2, 0.25) is 5.82 Å². The number of aromatic amines is 1. The maximum absolute atomic E-state index is 12.7. The summed E-state index contributed by atoms with van der Waals surface area (Å²) in [7, 11) is 1.81. The zero-order chi connectivity index (χ0) is 23.4. The minimum absolute atomic E-state index is 0.0635. The zero-order valence-electron chi connectivity index (χ0n) is 18.8. The number of imidazole rings is 2. The van der Waals surface area contributed by atoms with Crippen LogP contribution in [0, 0.1) is 9.49 Å².